The van der Waals surface area contributed by atoms with Crippen LogP contribution in [0.2, 0.25) is 5.02 Å². The van der Waals surface area contributed by atoms with Gasteiger partial charge in [0, 0.05) is 15.6 Å². The molecule has 17 heavy (non-hydrogen) atoms. The van der Waals surface area contributed by atoms with E-state index in [2.05, 4.69) is 15.9 Å². The van der Waals surface area contributed by atoms with Gasteiger partial charge in [-0.2, -0.15) is 0 Å². The van der Waals surface area contributed by atoms with E-state index in [-0.39, 0.29) is 10.8 Å². The van der Waals surface area contributed by atoms with Crippen molar-refractivity contribution in [2.75, 3.05) is 0 Å². The third-order valence-electron chi connectivity index (χ3n) is 2.48. The van der Waals surface area contributed by atoms with E-state index in [9.17, 15) is 9.50 Å². The van der Waals surface area contributed by atoms with Crippen LogP contribution in [0.3, 0.4) is 0 Å². The summed E-state index contributed by atoms with van der Waals surface area (Å²) in [6.45, 7) is 1.88. The maximum Gasteiger partial charge on any atom is 0.150 e. The van der Waals surface area contributed by atoms with Crippen LogP contribution >= 0.6 is 27.5 Å². The van der Waals surface area contributed by atoms with Crippen molar-refractivity contribution in [3.63, 3.8) is 0 Å². The zero-order valence-electron chi connectivity index (χ0n) is 8.97. The van der Waals surface area contributed by atoms with Crippen molar-refractivity contribution in [2.45, 2.75) is 6.92 Å². The first-order valence-corrected chi connectivity index (χ1v) is 6.11. The predicted octanol–water partition coefficient (Wildman–Crippen LogP) is 4.92. The Kier molecular flexibility index (Phi) is 3.40. The fraction of sp³-hybridized carbons (Fsp3) is 0.0769. The van der Waals surface area contributed by atoms with Crippen molar-refractivity contribution in [3.05, 3.63) is 51.2 Å². The van der Waals surface area contributed by atoms with Gasteiger partial charge in [0.1, 0.15) is 5.75 Å². The molecule has 2 rings (SSSR count). The molecule has 0 atom stereocenters. The lowest BCUT2D eigenvalue weighted by atomic mass is 10.0. The van der Waals surface area contributed by atoms with Crippen molar-refractivity contribution in [1.29, 1.82) is 0 Å². The summed E-state index contributed by atoms with van der Waals surface area (Å²) >= 11 is 8.97. The standard InChI is InChI=1S/C13H9BrClFO/c1-7-2-5-11(17)9(6-7)8-3-4-10(14)12(15)13(8)16/h2-6,17H,1H3. The molecule has 1 nitrogen and oxygen atoms in total. The molecule has 0 aromatic heterocycles. The highest BCUT2D eigenvalue weighted by Crippen LogP contribution is 2.37. The molecule has 0 amide bonds. The number of aryl methyl sites for hydroxylation is 1. The van der Waals surface area contributed by atoms with Gasteiger partial charge in [0.2, 0.25) is 0 Å². The summed E-state index contributed by atoms with van der Waals surface area (Å²) in [7, 11) is 0. The summed E-state index contributed by atoms with van der Waals surface area (Å²) in [5, 5.41) is 9.77. The summed E-state index contributed by atoms with van der Waals surface area (Å²) in [5.74, 6) is -0.505. The van der Waals surface area contributed by atoms with E-state index in [0.717, 1.165) is 5.56 Å². The van der Waals surface area contributed by atoms with Crippen LogP contribution in [0.25, 0.3) is 11.1 Å². The molecule has 0 saturated heterocycles. The van der Waals surface area contributed by atoms with E-state index in [1.54, 1.807) is 30.3 Å². The molecule has 0 unspecified atom stereocenters. The van der Waals surface area contributed by atoms with Gasteiger partial charge in [0.15, 0.2) is 5.82 Å². The lowest BCUT2D eigenvalue weighted by Gasteiger charge is -2.09. The summed E-state index contributed by atoms with van der Waals surface area (Å²) in [4.78, 5) is 0. The number of benzene rings is 2. The third kappa shape index (κ3) is 2.31. The van der Waals surface area contributed by atoms with Gasteiger partial charge >= 0.3 is 0 Å². The molecular weight excluding hydrogens is 306 g/mol. The predicted molar refractivity (Wildman–Crippen MR) is 70.9 cm³/mol. The van der Waals surface area contributed by atoms with Crippen molar-refractivity contribution < 1.29 is 9.50 Å². The van der Waals surface area contributed by atoms with Crippen LogP contribution < -0.4 is 0 Å². The fourth-order valence-electron chi connectivity index (χ4n) is 1.60. The summed E-state index contributed by atoms with van der Waals surface area (Å²) in [6, 6.07) is 8.26. The van der Waals surface area contributed by atoms with Crippen molar-refractivity contribution in [3.8, 4) is 16.9 Å². The molecule has 0 heterocycles. The van der Waals surface area contributed by atoms with E-state index in [4.69, 9.17) is 11.6 Å². The second-order valence-electron chi connectivity index (χ2n) is 3.74. The van der Waals surface area contributed by atoms with Crippen molar-refractivity contribution >= 4 is 27.5 Å². The second-order valence-corrected chi connectivity index (χ2v) is 4.98. The molecule has 88 valence electrons. The Morgan fingerprint density at radius 2 is 1.88 bits per heavy atom. The number of phenols is 1. The van der Waals surface area contributed by atoms with E-state index in [1.807, 2.05) is 6.92 Å². The molecule has 0 aliphatic heterocycles. The van der Waals surface area contributed by atoms with Crippen LogP contribution in [0.15, 0.2) is 34.8 Å². The SMILES string of the molecule is Cc1ccc(O)c(-c2ccc(Br)c(Cl)c2F)c1. The number of aromatic hydroxyl groups is 1. The van der Waals surface area contributed by atoms with Gasteiger partial charge in [-0.1, -0.05) is 29.3 Å². The second kappa shape index (κ2) is 4.67. The number of hydrogen-bond donors (Lipinski definition) is 1. The minimum Gasteiger partial charge on any atom is -0.507 e. The Morgan fingerprint density at radius 3 is 2.59 bits per heavy atom. The monoisotopic (exact) mass is 314 g/mol. The first-order valence-electron chi connectivity index (χ1n) is 4.94. The zero-order valence-corrected chi connectivity index (χ0v) is 11.3. The largest absolute Gasteiger partial charge is 0.507 e. The van der Waals surface area contributed by atoms with Gasteiger partial charge in [-0.25, -0.2) is 4.39 Å². The lowest BCUT2D eigenvalue weighted by molar-refractivity contribution is 0.476. The van der Waals surface area contributed by atoms with Crippen LogP contribution in [-0.2, 0) is 0 Å². The molecule has 0 radical (unpaired) electrons. The first-order chi connectivity index (χ1) is 8.00. The van der Waals surface area contributed by atoms with E-state index >= 15 is 0 Å². The number of hydrogen-bond acceptors (Lipinski definition) is 1. The van der Waals surface area contributed by atoms with Crippen LogP contribution in [0, 0.1) is 12.7 Å². The summed E-state index contributed by atoms with van der Waals surface area (Å²) < 4.78 is 14.5. The highest BCUT2D eigenvalue weighted by Gasteiger charge is 2.14. The Morgan fingerprint density at radius 1 is 1.18 bits per heavy atom. The molecule has 2 aromatic rings. The Hall–Kier alpha value is -1.06. The molecule has 0 saturated carbocycles. The fourth-order valence-corrected chi connectivity index (χ4v) is 2.07. The van der Waals surface area contributed by atoms with Crippen molar-refractivity contribution in [2.24, 2.45) is 0 Å². The number of phenolic OH excluding ortho intramolecular Hbond substituents is 1. The Labute approximate surface area is 112 Å². The van der Waals surface area contributed by atoms with Gasteiger partial charge in [-0.15, -0.1) is 0 Å². The van der Waals surface area contributed by atoms with E-state index in [0.29, 0.717) is 15.6 Å². The normalized spacial score (nSPS) is 10.6. The van der Waals surface area contributed by atoms with Crippen LogP contribution in [0.4, 0.5) is 4.39 Å². The highest BCUT2D eigenvalue weighted by atomic mass is 79.9. The highest BCUT2D eigenvalue weighted by molar-refractivity contribution is 9.10. The molecule has 1 N–H and O–H groups in total. The van der Waals surface area contributed by atoms with Gasteiger partial charge in [0.05, 0.1) is 5.02 Å². The molecule has 4 heteroatoms. The molecule has 0 fully saturated rings. The van der Waals surface area contributed by atoms with Crippen LogP contribution in [-0.4, -0.2) is 5.11 Å². The minimum atomic E-state index is -0.540. The molecule has 2 aromatic carbocycles. The van der Waals surface area contributed by atoms with E-state index < -0.39 is 5.82 Å². The van der Waals surface area contributed by atoms with Crippen molar-refractivity contribution in [1.82, 2.24) is 0 Å². The summed E-state index contributed by atoms with van der Waals surface area (Å²) in [5.41, 5.74) is 1.67. The Bertz CT molecular complexity index is 584. The average Bonchev–Trinajstić information content (AvgIpc) is 2.30. The summed E-state index contributed by atoms with van der Waals surface area (Å²) in [6.07, 6.45) is 0. The molecule has 0 spiro atoms. The average molecular weight is 316 g/mol. The first kappa shape index (κ1) is 12.4. The minimum absolute atomic E-state index is 0.0170. The number of halogens is 3. The number of rotatable bonds is 1. The molecule has 0 bridgehead atoms. The van der Waals surface area contributed by atoms with Gasteiger partial charge < -0.3 is 5.11 Å². The van der Waals surface area contributed by atoms with Crippen LogP contribution in [0.5, 0.6) is 5.75 Å². The van der Waals surface area contributed by atoms with E-state index in [1.165, 1.54) is 0 Å². The molecular formula is C13H9BrClFO. The van der Waals surface area contributed by atoms with Gasteiger partial charge in [0.25, 0.3) is 0 Å². The van der Waals surface area contributed by atoms with Gasteiger partial charge in [-0.05, 0) is 41.1 Å². The third-order valence-corrected chi connectivity index (χ3v) is 3.74. The maximum atomic E-state index is 14.0. The van der Waals surface area contributed by atoms with Gasteiger partial charge in [-0.3, -0.25) is 0 Å². The Balaban J connectivity index is 2.69. The van der Waals surface area contributed by atoms with Crippen LogP contribution in [0.1, 0.15) is 5.56 Å². The lowest BCUT2D eigenvalue weighted by Crippen LogP contribution is -1.88. The zero-order chi connectivity index (χ0) is 12.6. The molecule has 0 aliphatic carbocycles. The smallest absolute Gasteiger partial charge is 0.150 e. The quantitative estimate of drug-likeness (QED) is 0.740. The topological polar surface area (TPSA) is 20.2 Å². The molecule has 0 aliphatic rings. The maximum absolute atomic E-state index is 14.0.